The van der Waals surface area contributed by atoms with Crippen LogP contribution in [0.15, 0.2) is 24.3 Å². The molecule has 1 N–H and O–H groups in total. The van der Waals surface area contributed by atoms with Crippen molar-refractivity contribution in [3.05, 3.63) is 29.3 Å². The summed E-state index contributed by atoms with van der Waals surface area (Å²) < 4.78 is 0. The van der Waals surface area contributed by atoms with Crippen LogP contribution in [0, 0.1) is 0 Å². The van der Waals surface area contributed by atoms with Crippen molar-refractivity contribution < 1.29 is 4.79 Å². The molecule has 0 spiro atoms. The van der Waals surface area contributed by atoms with Crippen LogP contribution >= 0.6 is 11.6 Å². The van der Waals surface area contributed by atoms with Gasteiger partial charge in [0, 0.05) is 17.3 Å². The summed E-state index contributed by atoms with van der Waals surface area (Å²) in [6.07, 6.45) is 0. The molecule has 1 aliphatic rings. The van der Waals surface area contributed by atoms with Crippen LogP contribution in [0.3, 0.4) is 0 Å². The van der Waals surface area contributed by atoms with Crippen LogP contribution in [0.25, 0.3) is 0 Å². The van der Waals surface area contributed by atoms with E-state index in [1.54, 1.807) is 17.0 Å². The van der Waals surface area contributed by atoms with E-state index in [0.717, 1.165) is 12.2 Å². The van der Waals surface area contributed by atoms with Crippen molar-refractivity contribution in [3.8, 4) is 0 Å². The van der Waals surface area contributed by atoms with Gasteiger partial charge in [0.25, 0.3) is 0 Å². The lowest BCUT2D eigenvalue weighted by Gasteiger charge is -2.09. The van der Waals surface area contributed by atoms with Gasteiger partial charge in [-0.3, -0.25) is 0 Å². The summed E-state index contributed by atoms with van der Waals surface area (Å²) in [4.78, 5) is 13.4. The Labute approximate surface area is 94.0 Å². The maximum absolute atomic E-state index is 11.7. The number of nitrogens with zero attached hydrogens (tertiary/aromatic N) is 1. The maximum Gasteiger partial charge on any atom is 0.322 e. The van der Waals surface area contributed by atoms with E-state index in [1.807, 2.05) is 26.0 Å². The lowest BCUT2D eigenvalue weighted by atomic mass is 10.2. The van der Waals surface area contributed by atoms with Crippen LogP contribution in [-0.2, 0) is 0 Å². The molecule has 15 heavy (non-hydrogen) atoms. The highest BCUT2D eigenvalue weighted by atomic mass is 35.5. The molecule has 1 aromatic carbocycles. The van der Waals surface area contributed by atoms with E-state index in [-0.39, 0.29) is 11.6 Å². The minimum atomic E-state index is -0.0673. The molecule has 1 fully saturated rings. The summed E-state index contributed by atoms with van der Waals surface area (Å²) in [6.45, 7) is 4.87. The van der Waals surface area contributed by atoms with Crippen molar-refractivity contribution in [2.24, 2.45) is 0 Å². The first kappa shape index (κ1) is 10.3. The summed E-state index contributed by atoms with van der Waals surface area (Å²) in [6, 6.07) is 7.07. The van der Waals surface area contributed by atoms with Gasteiger partial charge >= 0.3 is 6.03 Å². The standard InChI is InChI=1S/C11H13ClN2O/c1-11(2)7-14(11)10(15)13-9-5-3-4-8(12)6-9/h3-6H,7H2,1-2H3,(H,13,15). The first-order valence-corrected chi connectivity index (χ1v) is 5.21. The van der Waals surface area contributed by atoms with Crippen LogP contribution in [0.4, 0.5) is 10.5 Å². The van der Waals surface area contributed by atoms with Gasteiger partial charge in [-0.15, -0.1) is 0 Å². The predicted octanol–water partition coefficient (Wildman–Crippen LogP) is 2.97. The molecular formula is C11H13ClN2O. The van der Waals surface area contributed by atoms with Gasteiger partial charge in [0.2, 0.25) is 0 Å². The van der Waals surface area contributed by atoms with E-state index < -0.39 is 0 Å². The lowest BCUT2D eigenvalue weighted by molar-refractivity contribution is 0.236. The number of nitrogens with one attached hydrogen (secondary N) is 1. The quantitative estimate of drug-likeness (QED) is 0.731. The highest BCUT2D eigenvalue weighted by molar-refractivity contribution is 6.30. The molecule has 0 aliphatic carbocycles. The van der Waals surface area contributed by atoms with Crippen molar-refractivity contribution in [1.82, 2.24) is 4.90 Å². The molecule has 0 bridgehead atoms. The van der Waals surface area contributed by atoms with Crippen LogP contribution in [0.5, 0.6) is 0 Å². The van der Waals surface area contributed by atoms with E-state index in [4.69, 9.17) is 11.6 Å². The van der Waals surface area contributed by atoms with E-state index in [2.05, 4.69) is 5.32 Å². The van der Waals surface area contributed by atoms with Gasteiger partial charge < -0.3 is 10.2 Å². The molecule has 2 rings (SSSR count). The summed E-state index contributed by atoms with van der Waals surface area (Å²) >= 11 is 5.81. The minimum Gasteiger partial charge on any atom is -0.315 e. The Hall–Kier alpha value is -1.22. The molecule has 3 nitrogen and oxygen atoms in total. The van der Waals surface area contributed by atoms with E-state index in [9.17, 15) is 4.79 Å². The average Bonchev–Trinajstić information content (AvgIpc) is 2.75. The van der Waals surface area contributed by atoms with Gasteiger partial charge in [-0.2, -0.15) is 0 Å². The third-order valence-corrected chi connectivity index (χ3v) is 2.73. The van der Waals surface area contributed by atoms with E-state index in [0.29, 0.717) is 5.02 Å². The van der Waals surface area contributed by atoms with Crippen molar-refractivity contribution in [3.63, 3.8) is 0 Å². The van der Waals surface area contributed by atoms with Crippen molar-refractivity contribution in [2.45, 2.75) is 19.4 Å². The highest BCUT2D eigenvalue weighted by Crippen LogP contribution is 2.31. The fraction of sp³-hybridized carbons (Fsp3) is 0.364. The molecule has 0 radical (unpaired) electrons. The molecule has 1 saturated heterocycles. The van der Waals surface area contributed by atoms with Crippen LogP contribution in [-0.4, -0.2) is 23.0 Å². The van der Waals surface area contributed by atoms with Gasteiger partial charge in [0.15, 0.2) is 0 Å². The number of rotatable bonds is 1. The molecule has 0 atom stereocenters. The zero-order valence-electron chi connectivity index (χ0n) is 8.75. The summed E-state index contributed by atoms with van der Waals surface area (Å²) in [5.41, 5.74) is 0.734. The topological polar surface area (TPSA) is 32.1 Å². The van der Waals surface area contributed by atoms with Gasteiger partial charge in [0.05, 0.1) is 5.54 Å². The van der Waals surface area contributed by atoms with Gasteiger partial charge in [-0.25, -0.2) is 4.79 Å². The second-order valence-electron chi connectivity index (χ2n) is 4.34. The normalized spacial score (nSPS) is 17.4. The number of benzene rings is 1. The summed E-state index contributed by atoms with van der Waals surface area (Å²) in [7, 11) is 0. The monoisotopic (exact) mass is 224 g/mol. The number of anilines is 1. The summed E-state index contributed by atoms with van der Waals surface area (Å²) in [5, 5.41) is 3.43. The maximum atomic E-state index is 11.7. The SMILES string of the molecule is CC1(C)CN1C(=O)Nc1cccc(Cl)c1. The zero-order chi connectivity index (χ0) is 11.1. The zero-order valence-corrected chi connectivity index (χ0v) is 9.51. The Bertz CT molecular complexity index is 403. The number of carbonyl (C=O) groups excluding carboxylic acids is 1. The number of hydrogen-bond acceptors (Lipinski definition) is 1. The van der Waals surface area contributed by atoms with E-state index in [1.165, 1.54) is 0 Å². The Morgan fingerprint density at radius 3 is 2.73 bits per heavy atom. The van der Waals surface area contributed by atoms with E-state index >= 15 is 0 Å². The first-order chi connectivity index (χ1) is 6.99. The van der Waals surface area contributed by atoms with Crippen LogP contribution in [0.2, 0.25) is 5.02 Å². The largest absolute Gasteiger partial charge is 0.322 e. The Morgan fingerprint density at radius 1 is 1.53 bits per heavy atom. The minimum absolute atomic E-state index is 0.00264. The fourth-order valence-electron chi connectivity index (χ4n) is 1.46. The predicted molar refractivity (Wildman–Crippen MR) is 61.3 cm³/mol. The molecule has 0 saturated carbocycles. The van der Waals surface area contributed by atoms with Crippen LogP contribution < -0.4 is 5.32 Å². The Kier molecular flexibility index (Phi) is 2.35. The summed E-state index contributed by atoms with van der Waals surface area (Å²) in [5.74, 6) is 0. The fourth-order valence-corrected chi connectivity index (χ4v) is 1.65. The molecule has 4 heteroatoms. The second-order valence-corrected chi connectivity index (χ2v) is 4.78. The smallest absolute Gasteiger partial charge is 0.315 e. The second kappa shape index (κ2) is 3.42. The van der Waals surface area contributed by atoms with Crippen LogP contribution in [0.1, 0.15) is 13.8 Å². The lowest BCUT2D eigenvalue weighted by Crippen LogP contribution is -2.23. The molecule has 1 aliphatic heterocycles. The highest BCUT2D eigenvalue weighted by Gasteiger charge is 2.46. The van der Waals surface area contributed by atoms with Crippen molar-refractivity contribution >= 4 is 23.3 Å². The van der Waals surface area contributed by atoms with Crippen molar-refractivity contribution in [1.29, 1.82) is 0 Å². The third-order valence-electron chi connectivity index (χ3n) is 2.49. The number of urea groups is 1. The molecule has 1 heterocycles. The number of amides is 2. The number of hydrogen-bond donors (Lipinski definition) is 1. The third kappa shape index (κ3) is 2.23. The van der Waals surface area contributed by atoms with Gasteiger partial charge in [0.1, 0.15) is 0 Å². The van der Waals surface area contributed by atoms with Crippen molar-refractivity contribution in [2.75, 3.05) is 11.9 Å². The Morgan fingerprint density at radius 2 is 2.20 bits per heavy atom. The Balaban J connectivity index is 2.01. The first-order valence-electron chi connectivity index (χ1n) is 4.83. The number of carbonyl (C=O) groups is 1. The van der Waals surface area contributed by atoms with Gasteiger partial charge in [-0.05, 0) is 32.0 Å². The molecule has 80 valence electrons. The molecular weight excluding hydrogens is 212 g/mol. The van der Waals surface area contributed by atoms with Gasteiger partial charge in [-0.1, -0.05) is 17.7 Å². The molecule has 0 aromatic heterocycles. The number of halogens is 1. The average molecular weight is 225 g/mol. The molecule has 0 unspecified atom stereocenters. The molecule has 1 aromatic rings. The molecule has 2 amide bonds.